The molecule has 1 aromatic carbocycles. The second kappa shape index (κ2) is 8.76. The highest BCUT2D eigenvalue weighted by molar-refractivity contribution is 6.30. The Morgan fingerprint density at radius 3 is 2.48 bits per heavy atom. The van der Waals surface area contributed by atoms with Crippen LogP contribution < -0.4 is 5.32 Å². The van der Waals surface area contributed by atoms with Crippen molar-refractivity contribution in [1.82, 2.24) is 5.32 Å². The summed E-state index contributed by atoms with van der Waals surface area (Å²) in [5.74, 6) is -1.47. The van der Waals surface area contributed by atoms with Crippen molar-refractivity contribution in [3.8, 4) is 0 Å². The zero-order valence-corrected chi connectivity index (χ0v) is 12.1. The fourth-order valence-corrected chi connectivity index (χ4v) is 1.37. The number of alkyl carbamates (subject to hydrolysis) is 1. The molecule has 0 aromatic heterocycles. The zero-order valence-electron chi connectivity index (χ0n) is 11.3. The molecule has 0 aliphatic carbocycles. The molecule has 0 bridgehead atoms. The summed E-state index contributed by atoms with van der Waals surface area (Å²) in [4.78, 5) is 33.5. The van der Waals surface area contributed by atoms with Gasteiger partial charge in [0.1, 0.15) is 0 Å². The molecule has 1 aromatic rings. The fraction of sp³-hybridized carbons (Fsp3) is 0.214. The molecule has 1 N–H and O–H groups in total. The van der Waals surface area contributed by atoms with Gasteiger partial charge in [0.25, 0.3) is 5.91 Å². The van der Waals surface area contributed by atoms with Crippen LogP contribution in [0.1, 0.15) is 12.5 Å². The Hall–Kier alpha value is -2.34. The van der Waals surface area contributed by atoms with Gasteiger partial charge in [-0.25, -0.2) is 9.59 Å². The zero-order chi connectivity index (χ0) is 15.7. The lowest BCUT2D eigenvalue weighted by atomic mass is 10.2. The molecule has 0 unspecified atom stereocenters. The molecule has 6 nitrogen and oxygen atoms in total. The van der Waals surface area contributed by atoms with Crippen LogP contribution in [0.5, 0.6) is 0 Å². The highest BCUT2D eigenvalue weighted by Crippen LogP contribution is 2.10. The van der Waals surface area contributed by atoms with Crippen LogP contribution in [0.4, 0.5) is 4.79 Å². The molecule has 0 saturated heterocycles. The molecular weight excluding hydrogens is 298 g/mol. The summed E-state index contributed by atoms with van der Waals surface area (Å²) < 4.78 is 9.15. The molecule has 0 atom stereocenters. The third kappa shape index (κ3) is 7.12. The van der Waals surface area contributed by atoms with E-state index in [1.165, 1.54) is 12.2 Å². The van der Waals surface area contributed by atoms with Crippen molar-refractivity contribution in [2.45, 2.75) is 6.92 Å². The normalized spacial score (nSPS) is 10.2. The number of rotatable bonds is 5. The second-order valence-electron chi connectivity index (χ2n) is 3.76. The Balaban J connectivity index is 2.35. The standard InChI is InChI=1S/C14H14ClNO5/c1-2-20-14(19)16-12(17)9-21-13(18)8-5-10-3-6-11(15)7-4-10/h3-8H,2,9H2,1H3,(H,16,17,19)/b8-5+. The van der Waals surface area contributed by atoms with Crippen LogP contribution in [0.2, 0.25) is 5.02 Å². The molecular formula is C14H14ClNO5. The molecule has 0 fully saturated rings. The number of hydrogen-bond donors (Lipinski definition) is 1. The lowest BCUT2D eigenvalue weighted by Gasteiger charge is -2.04. The molecule has 0 radical (unpaired) electrons. The Bertz CT molecular complexity index is 539. The van der Waals surface area contributed by atoms with Gasteiger partial charge in [-0.1, -0.05) is 23.7 Å². The first-order valence-electron chi connectivity index (χ1n) is 6.08. The minimum atomic E-state index is -0.879. The summed E-state index contributed by atoms with van der Waals surface area (Å²) in [6, 6.07) is 6.80. The summed E-state index contributed by atoms with van der Waals surface area (Å²) in [7, 11) is 0. The van der Waals surface area contributed by atoms with Crippen LogP contribution in [-0.4, -0.2) is 31.2 Å². The number of hydrogen-bond acceptors (Lipinski definition) is 5. The maximum atomic E-state index is 11.4. The van der Waals surface area contributed by atoms with Crippen LogP contribution >= 0.6 is 11.6 Å². The number of benzene rings is 1. The van der Waals surface area contributed by atoms with Gasteiger partial charge in [0.15, 0.2) is 6.61 Å². The van der Waals surface area contributed by atoms with E-state index in [2.05, 4.69) is 9.47 Å². The second-order valence-corrected chi connectivity index (χ2v) is 4.20. The number of imide groups is 1. The Morgan fingerprint density at radius 1 is 1.19 bits per heavy atom. The average Bonchev–Trinajstić information content (AvgIpc) is 2.44. The Labute approximate surface area is 126 Å². The molecule has 0 heterocycles. The first kappa shape index (κ1) is 16.7. The van der Waals surface area contributed by atoms with E-state index in [4.69, 9.17) is 11.6 Å². The molecule has 0 aliphatic rings. The van der Waals surface area contributed by atoms with Gasteiger partial charge >= 0.3 is 12.1 Å². The fourth-order valence-electron chi connectivity index (χ4n) is 1.24. The van der Waals surface area contributed by atoms with E-state index in [0.717, 1.165) is 5.56 Å². The number of amides is 2. The number of carbonyl (C=O) groups is 3. The molecule has 0 aliphatic heterocycles. The van der Waals surface area contributed by atoms with Gasteiger partial charge in [0.2, 0.25) is 0 Å². The van der Waals surface area contributed by atoms with E-state index in [1.807, 2.05) is 5.32 Å². The first-order valence-corrected chi connectivity index (χ1v) is 6.46. The van der Waals surface area contributed by atoms with Crippen LogP contribution in [0.15, 0.2) is 30.3 Å². The van der Waals surface area contributed by atoms with E-state index in [-0.39, 0.29) is 6.61 Å². The van der Waals surface area contributed by atoms with Crippen molar-refractivity contribution in [2.24, 2.45) is 0 Å². The van der Waals surface area contributed by atoms with Crippen LogP contribution in [0.3, 0.4) is 0 Å². The van der Waals surface area contributed by atoms with E-state index in [0.29, 0.717) is 5.02 Å². The van der Waals surface area contributed by atoms with E-state index in [1.54, 1.807) is 31.2 Å². The average molecular weight is 312 g/mol. The summed E-state index contributed by atoms with van der Waals surface area (Å²) in [6.45, 7) is 1.18. The largest absolute Gasteiger partial charge is 0.452 e. The third-order valence-corrected chi connectivity index (χ3v) is 2.40. The van der Waals surface area contributed by atoms with Crippen LogP contribution in [-0.2, 0) is 19.1 Å². The predicted molar refractivity (Wildman–Crippen MR) is 76.6 cm³/mol. The summed E-state index contributed by atoms with van der Waals surface area (Å²) in [5.41, 5.74) is 0.757. The summed E-state index contributed by atoms with van der Waals surface area (Å²) >= 11 is 5.72. The minimum absolute atomic E-state index is 0.142. The quantitative estimate of drug-likeness (QED) is 0.665. The maximum absolute atomic E-state index is 11.4. The summed E-state index contributed by atoms with van der Waals surface area (Å²) in [6.07, 6.45) is 1.80. The SMILES string of the molecule is CCOC(=O)NC(=O)COC(=O)/C=C/c1ccc(Cl)cc1. The molecule has 21 heavy (non-hydrogen) atoms. The maximum Gasteiger partial charge on any atom is 0.413 e. The van der Waals surface area contributed by atoms with Crippen molar-refractivity contribution >= 4 is 35.6 Å². The lowest BCUT2D eigenvalue weighted by Crippen LogP contribution is -2.34. The van der Waals surface area contributed by atoms with E-state index < -0.39 is 24.6 Å². The number of nitrogens with one attached hydrogen (secondary N) is 1. The molecule has 0 spiro atoms. The lowest BCUT2D eigenvalue weighted by molar-refractivity contribution is -0.143. The van der Waals surface area contributed by atoms with E-state index in [9.17, 15) is 14.4 Å². The van der Waals surface area contributed by atoms with Crippen molar-refractivity contribution in [3.63, 3.8) is 0 Å². The van der Waals surface area contributed by atoms with Crippen LogP contribution in [0.25, 0.3) is 6.08 Å². The molecule has 2 amide bonds. The van der Waals surface area contributed by atoms with Crippen molar-refractivity contribution < 1.29 is 23.9 Å². The number of carbonyl (C=O) groups excluding carboxylic acids is 3. The number of halogens is 1. The number of ether oxygens (including phenoxy) is 2. The van der Waals surface area contributed by atoms with E-state index >= 15 is 0 Å². The number of esters is 1. The molecule has 1 rings (SSSR count). The summed E-state index contributed by atoms with van der Waals surface area (Å²) in [5, 5.41) is 2.49. The van der Waals surface area contributed by atoms with Gasteiger partial charge in [0, 0.05) is 11.1 Å². The van der Waals surface area contributed by atoms with Gasteiger partial charge < -0.3 is 9.47 Å². The van der Waals surface area contributed by atoms with Crippen LogP contribution in [0, 0.1) is 0 Å². The first-order chi connectivity index (χ1) is 10.0. The monoisotopic (exact) mass is 311 g/mol. The Morgan fingerprint density at radius 2 is 1.86 bits per heavy atom. The van der Waals surface area contributed by atoms with Gasteiger partial charge in [-0.3, -0.25) is 10.1 Å². The van der Waals surface area contributed by atoms with Gasteiger partial charge in [0.05, 0.1) is 6.61 Å². The third-order valence-electron chi connectivity index (χ3n) is 2.14. The molecule has 7 heteroatoms. The molecule has 0 saturated carbocycles. The topological polar surface area (TPSA) is 81.7 Å². The van der Waals surface area contributed by atoms with Gasteiger partial charge in [-0.05, 0) is 30.7 Å². The smallest absolute Gasteiger partial charge is 0.413 e. The minimum Gasteiger partial charge on any atom is -0.452 e. The highest BCUT2D eigenvalue weighted by Gasteiger charge is 2.09. The predicted octanol–water partition coefficient (Wildman–Crippen LogP) is 2.17. The van der Waals surface area contributed by atoms with Crippen molar-refractivity contribution in [3.05, 3.63) is 40.9 Å². The van der Waals surface area contributed by atoms with Gasteiger partial charge in [-0.15, -0.1) is 0 Å². The molecule has 112 valence electrons. The highest BCUT2D eigenvalue weighted by atomic mass is 35.5. The van der Waals surface area contributed by atoms with Crippen molar-refractivity contribution in [1.29, 1.82) is 0 Å². The van der Waals surface area contributed by atoms with Crippen molar-refractivity contribution in [2.75, 3.05) is 13.2 Å². The Kier molecular flexibility index (Phi) is 6.97. The van der Waals surface area contributed by atoms with Gasteiger partial charge in [-0.2, -0.15) is 0 Å².